The van der Waals surface area contributed by atoms with Gasteiger partial charge in [-0.15, -0.1) is 0 Å². The van der Waals surface area contributed by atoms with E-state index in [0.717, 1.165) is 0 Å². The molecule has 0 heterocycles. The predicted molar refractivity (Wildman–Crippen MR) is 68.1 cm³/mol. The van der Waals surface area contributed by atoms with Gasteiger partial charge in [0.2, 0.25) is 5.91 Å². The minimum atomic E-state index is -1.13. The van der Waals surface area contributed by atoms with Crippen molar-refractivity contribution in [1.29, 1.82) is 0 Å². The van der Waals surface area contributed by atoms with Crippen LogP contribution in [0.5, 0.6) is 0 Å². The molecule has 0 aliphatic carbocycles. The highest BCUT2D eigenvalue weighted by Gasteiger charge is 2.04. The van der Waals surface area contributed by atoms with Gasteiger partial charge in [0.05, 0.1) is 13.2 Å². The van der Waals surface area contributed by atoms with Crippen LogP contribution in [0.1, 0.15) is 6.92 Å². The van der Waals surface area contributed by atoms with Crippen molar-refractivity contribution in [3.05, 3.63) is 12.2 Å². The van der Waals surface area contributed by atoms with E-state index in [1.807, 2.05) is 0 Å². The number of nitrogens with one attached hydrogen (secondary N) is 1. The van der Waals surface area contributed by atoms with Crippen LogP contribution in [0.2, 0.25) is 0 Å². The van der Waals surface area contributed by atoms with Crippen molar-refractivity contribution < 1.29 is 33.7 Å². The maximum absolute atomic E-state index is 11.1. The number of amides is 1. The molecule has 0 aliphatic heterocycles. The zero-order chi connectivity index (χ0) is 15.4. The zero-order valence-corrected chi connectivity index (χ0v) is 11.3. The first kappa shape index (κ1) is 18.1. The van der Waals surface area contributed by atoms with Crippen LogP contribution in [0, 0.1) is 0 Å². The van der Waals surface area contributed by atoms with Gasteiger partial charge in [-0.05, 0) is 6.92 Å². The topological polar surface area (TPSA) is 111 Å². The van der Waals surface area contributed by atoms with Gasteiger partial charge in [-0.3, -0.25) is 4.79 Å². The highest BCUT2D eigenvalue weighted by molar-refractivity contribution is 5.86. The molecule has 8 nitrogen and oxygen atoms in total. The lowest BCUT2D eigenvalue weighted by Gasteiger charge is -2.07. The van der Waals surface area contributed by atoms with Gasteiger partial charge in [0.1, 0.15) is 19.8 Å². The molecule has 0 rings (SSSR count). The highest BCUT2D eigenvalue weighted by Crippen LogP contribution is 1.91. The molecule has 1 amide bonds. The predicted octanol–water partition coefficient (Wildman–Crippen LogP) is -0.660. The van der Waals surface area contributed by atoms with Crippen LogP contribution in [-0.4, -0.2) is 62.5 Å². The van der Waals surface area contributed by atoms with Gasteiger partial charge in [-0.25, -0.2) is 9.59 Å². The van der Waals surface area contributed by atoms with Crippen LogP contribution in [0.3, 0.4) is 0 Å². The van der Waals surface area contributed by atoms with Crippen molar-refractivity contribution in [2.45, 2.75) is 6.92 Å². The maximum atomic E-state index is 11.1. The Kier molecular flexibility index (Phi) is 9.89. The van der Waals surface area contributed by atoms with Crippen LogP contribution in [0.4, 0.5) is 0 Å². The lowest BCUT2D eigenvalue weighted by Crippen LogP contribution is -2.31. The Balaban J connectivity index is 3.35. The molecule has 0 aromatic carbocycles. The second-order valence-corrected chi connectivity index (χ2v) is 3.77. The van der Waals surface area contributed by atoms with Crippen LogP contribution in [-0.2, 0) is 28.6 Å². The fourth-order valence-corrected chi connectivity index (χ4v) is 0.963. The molecule has 0 spiro atoms. The monoisotopic (exact) mass is 289 g/mol. The molecule has 20 heavy (non-hydrogen) atoms. The summed E-state index contributed by atoms with van der Waals surface area (Å²) in [5.41, 5.74) is 0.318. The first-order chi connectivity index (χ1) is 9.43. The number of aliphatic carboxylic acids is 1. The molecule has 0 fully saturated rings. The van der Waals surface area contributed by atoms with E-state index >= 15 is 0 Å². The summed E-state index contributed by atoms with van der Waals surface area (Å²) in [5, 5.41) is 10.7. The van der Waals surface area contributed by atoms with Crippen LogP contribution in [0.15, 0.2) is 12.2 Å². The molecule has 0 aromatic heterocycles. The molecular weight excluding hydrogens is 270 g/mol. The van der Waals surface area contributed by atoms with Gasteiger partial charge in [-0.1, -0.05) is 6.58 Å². The number of esters is 1. The average Bonchev–Trinajstić information content (AvgIpc) is 2.36. The number of hydrogen-bond donors (Lipinski definition) is 2. The molecule has 0 unspecified atom stereocenters. The first-order valence-electron chi connectivity index (χ1n) is 5.90. The van der Waals surface area contributed by atoms with Crippen molar-refractivity contribution in [2.24, 2.45) is 0 Å². The number of carboxylic acids is 1. The second-order valence-electron chi connectivity index (χ2n) is 3.77. The molecule has 0 saturated carbocycles. The highest BCUT2D eigenvalue weighted by atomic mass is 16.6. The third-order valence-electron chi connectivity index (χ3n) is 1.84. The van der Waals surface area contributed by atoms with E-state index in [4.69, 9.17) is 14.6 Å². The van der Waals surface area contributed by atoms with Gasteiger partial charge in [0, 0.05) is 12.1 Å². The summed E-state index contributed by atoms with van der Waals surface area (Å²) in [6.07, 6.45) is 0. The van der Waals surface area contributed by atoms with E-state index in [9.17, 15) is 14.4 Å². The Hall–Kier alpha value is -1.93. The first-order valence-corrected chi connectivity index (χ1v) is 5.90. The minimum Gasteiger partial charge on any atom is -0.480 e. The zero-order valence-electron chi connectivity index (χ0n) is 11.3. The molecule has 8 heteroatoms. The standard InChI is InChI=1S/C12H19NO7/c1-9(2)12(17)20-6-5-18-4-3-13-10(14)7-19-8-11(15)16/h1,3-8H2,2H3,(H,13,14)(H,15,16). The van der Waals surface area contributed by atoms with E-state index in [2.05, 4.69) is 16.6 Å². The fraction of sp³-hybridized carbons (Fsp3) is 0.583. The number of hydrogen-bond acceptors (Lipinski definition) is 6. The molecular formula is C12H19NO7. The maximum Gasteiger partial charge on any atom is 0.333 e. The lowest BCUT2D eigenvalue weighted by atomic mass is 10.4. The second kappa shape index (κ2) is 10.9. The Bertz CT molecular complexity index is 354. The quantitative estimate of drug-likeness (QED) is 0.295. The van der Waals surface area contributed by atoms with Gasteiger partial charge < -0.3 is 24.6 Å². The van der Waals surface area contributed by atoms with E-state index in [0.29, 0.717) is 5.57 Å². The summed E-state index contributed by atoms with van der Waals surface area (Å²) in [6, 6.07) is 0. The molecule has 0 bridgehead atoms. The van der Waals surface area contributed by atoms with Gasteiger partial charge >= 0.3 is 11.9 Å². The molecule has 0 radical (unpaired) electrons. The molecule has 0 aromatic rings. The molecule has 0 aliphatic rings. The minimum absolute atomic E-state index is 0.112. The van der Waals surface area contributed by atoms with Gasteiger partial charge in [0.15, 0.2) is 0 Å². The Labute approximate surface area is 116 Å². The van der Waals surface area contributed by atoms with Gasteiger partial charge in [-0.2, -0.15) is 0 Å². The summed E-state index contributed by atoms with van der Waals surface area (Å²) in [5.74, 6) is -2.04. The summed E-state index contributed by atoms with van der Waals surface area (Å²) >= 11 is 0. The fourth-order valence-electron chi connectivity index (χ4n) is 0.963. The summed E-state index contributed by atoms with van der Waals surface area (Å²) in [6.45, 7) is 4.96. The largest absolute Gasteiger partial charge is 0.480 e. The normalized spacial score (nSPS) is 9.85. The third-order valence-corrected chi connectivity index (χ3v) is 1.84. The lowest BCUT2D eigenvalue weighted by molar-refractivity contribution is -0.143. The molecule has 0 saturated heterocycles. The van der Waals surface area contributed by atoms with E-state index in [1.165, 1.54) is 0 Å². The van der Waals surface area contributed by atoms with E-state index in [1.54, 1.807) is 6.92 Å². The average molecular weight is 289 g/mol. The van der Waals surface area contributed by atoms with Crippen molar-refractivity contribution in [3.63, 3.8) is 0 Å². The van der Waals surface area contributed by atoms with E-state index < -0.39 is 24.5 Å². The number of ether oxygens (including phenoxy) is 3. The van der Waals surface area contributed by atoms with Crippen LogP contribution in [0.25, 0.3) is 0 Å². The van der Waals surface area contributed by atoms with Crippen molar-refractivity contribution in [2.75, 3.05) is 39.6 Å². The Morgan fingerprint density at radius 1 is 1.10 bits per heavy atom. The van der Waals surface area contributed by atoms with Gasteiger partial charge in [0.25, 0.3) is 0 Å². The molecule has 2 N–H and O–H groups in total. The third kappa shape index (κ3) is 11.2. The van der Waals surface area contributed by atoms with Crippen molar-refractivity contribution in [1.82, 2.24) is 5.32 Å². The van der Waals surface area contributed by atoms with E-state index in [-0.39, 0.29) is 33.0 Å². The summed E-state index contributed by atoms with van der Waals surface area (Å²) in [4.78, 5) is 32.2. The Morgan fingerprint density at radius 2 is 1.80 bits per heavy atom. The number of carboxylic acid groups (broad SMARTS) is 1. The number of rotatable bonds is 11. The van der Waals surface area contributed by atoms with Crippen LogP contribution < -0.4 is 5.32 Å². The van der Waals surface area contributed by atoms with Crippen LogP contribution >= 0.6 is 0 Å². The molecule has 0 atom stereocenters. The number of carbonyl (C=O) groups is 3. The van der Waals surface area contributed by atoms with Crippen molar-refractivity contribution in [3.8, 4) is 0 Å². The summed E-state index contributed by atoms with van der Waals surface area (Å²) < 4.78 is 14.5. The van der Waals surface area contributed by atoms with Crippen molar-refractivity contribution >= 4 is 17.8 Å². The number of carbonyl (C=O) groups excluding carboxylic acids is 2. The Morgan fingerprint density at radius 3 is 2.40 bits per heavy atom. The summed E-state index contributed by atoms with van der Waals surface area (Å²) in [7, 11) is 0. The SMILES string of the molecule is C=C(C)C(=O)OCCOCCNC(=O)COCC(=O)O. The smallest absolute Gasteiger partial charge is 0.333 e. The molecule has 114 valence electrons.